The zero-order valence-electron chi connectivity index (χ0n) is 18.5. The average Bonchev–Trinajstić information content (AvgIpc) is 2.84. The first-order valence-corrected chi connectivity index (χ1v) is 11.2. The molecule has 2 heterocycles. The fraction of sp³-hybridized carbons (Fsp3) is 0.333. The first kappa shape index (κ1) is 22.0. The van der Waals surface area contributed by atoms with E-state index >= 15 is 0 Å². The Balaban J connectivity index is 1.29. The van der Waals surface area contributed by atoms with E-state index in [9.17, 15) is 9.18 Å². The van der Waals surface area contributed by atoms with Gasteiger partial charge in [0.05, 0.1) is 7.11 Å². The molecular formula is C27H29FN2O2. The first-order chi connectivity index (χ1) is 15.6. The minimum atomic E-state index is -0.193. The summed E-state index contributed by atoms with van der Waals surface area (Å²) in [5.41, 5.74) is 3.73. The Labute approximate surface area is 189 Å². The molecule has 2 aromatic carbocycles. The van der Waals surface area contributed by atoms with Gasteiger partial charge in [0.25, 0.3) is 0 Å². The molecule has 0 spiro atoms. The fourth-order valence-corrected chi connectivity index (χ4v) is 4.29. The Morgan fingerprint density at radius 3 is 2.50 bits per heavy atom. The number of carbonyl (C=O) groups excluding carboxylic acids is 1. The lowest BCUT2D eigenvalue weighted by Gasteiger charge is -2.32. The molecule has 1 saturated heterocycles. The zero-order chi connectivity index (χ0) is 22.3. The molecule has 1 aromatic heterocycles. The van der Waals surface area contributed by atoms with Gasteiger partial charge in [-0.25, -0.2) is 4.39 Å². The van der Waals surface area contributed by atoms with Gasteiger partial charge in [0, 0.05) is 43.2 Å². The van der Waals surface area contributed by atoms with Crippen LogP contribution in [0.2, 0.25) is 0 Å². The molecule has 4 rings (SSSR count). The lowest BCUT2D eigenvalue weighted by molar-refractivity contribution is -0.132. The van der Waals surface area contributed by atoms with E-state index in [0.29, 0.717) is 24.3 Å². The number of likely N-dealkylation sites (tertiary alicyclic amines) is 1. The molecule has 0 aliphatic carbocycles. The molecule has 1 fully saturated rings. The molecule has 0 unspecified atom stereocenters. The maximum atomic E-state index is 14.0. The number of rotatable bonds is 7. The predicted octanol–water partition coefficient (Wildman–Crippen LogP) is 5.16. The van der Waals surface area contributed by atoms with Crippen LogP contribution in [0.5, 0.6) is 5.75 Å². The first-order valence-electron chi connectivity index (χ1n) is 11.2. The molecule has 0 radical (unpaired) electrons. The molecular weight excluding hydrogens is 403 g/mol. The molecule has 1 aliphatic rings. The molecule has 3 aromatic rings. The molecule has 4 nitrogen and oxygen atoms in total. The number of benzene rings is 2. The number of halogens is 1. The van der Waals surface area contributed by atoms with E-state index in [1.54, 1.807) is 19.2 Å². The Morgan fingerprint density at radius 1 is 1.03 bits per heavy atom. The summed E-state index contributed by atoms with van der Waals surface area (Å²) in [4.78, 5) is 19.5. The number of methoxy groups -OCH3 is 1. The Bertz CT molecular complexity index is 1040. The fourth-order valence-electron chi connectivity index (χ4n) is 4.29. The largest absolute Gasteiger partial charge is 0.497 e. The minimum Gasteiger partial charge on any atom is -0.497 e. The molecule has 1 amide bonds. The quantitative estimate of drug-likeness (QED) is 0.518. The van der Waals surface area contributed by atoms with Gasteiger partial charge in [0.15, 0.2) is 0 Å². The number of amides is 1. The van der Waals surface area contributed by atoms with E-state index in [1.165, 1.54) is 6.07 Å². The van der Waals surface area contributed by atoms with Crippen molar-refractivity contribution in [2.24, 2.45) is 0 Å². The highest BCUT2D eigenvalue weighted by Gasteiger charge is 2.24. The van der Waals surface area contributed by atoms with Crippen molar-refractivity contribution in [1.29, 1.82) is 0 Å². The van der Waals surface area contributed by atoms with Crippen LogP contribution < -0.4 is 4.74 Å². The summed E-state index contributed by atoms with van der Waals surface area (Å²) in [5, 5.41) is 0. The number of ether oxygens (including phenoxy) is 1. The van der Waals surface area contributed by atoms with Crippen LogP contribution in [0.15, 0.2) is 66.7 Å². The number of aryl methyl sites for hydroxylation is 1. The third kappa shape index (κ3) is 5.52. The number of pyridine rings is 1. The topological polar surface area (TPSA) is 42.4 Å². The van der Waals surface area contributed by atoms with Crippen molar-refractivity contribution in [3.8, 4) is 5.75 Å². The predicted molar refractivity (Wildman–Crippen MR) is 123 cm³/mol. The van der Waals surface area contributed by atoms with Crippen LogP contribution in [-0.4, -0.2) is 36.0 Å². The highest BCUT2D eigenvalue weighted by molar-refractivity contribution is 5.76. The number of aromatic nitrogens is 1. The van der Waals surface area contributed by atoms with Gasteiger partial charge >= 0.3 is 0 Å². The average molecular weight is 433 g/mol. The van der Waals surface area contributed by atoms with E-state index in [1.807, 2.05) is 47.4 Å². The molecule has 166 valence electrons. The second-order valence-electron chi connectivity index (χ2n) is 8.33. The van der Waals surface area contributed by atoms with E-state index < -0.39 is 0 Å². The molecule has 0 bridgehead atoms. The van der Waals surface area contributed by atoms with Gasteiger partial charge in [-0.2, -0.15) is 0 Å². The van der Waals surface area contributed by atoms with Crippen molar-refractivity contribution < 1.29 is 13.9 Å². The number of hydrogen-bond acceptors (Lipinski definition) is 3. The minimum absolute atomic E-state index is 0.193. The number of nitrogens with zero attached hydrogens (tertiary/aromatic N) is 2. The van der Waals surface area contributed by atoms with Crippen molar-refractivity contribution >= 4 is 5.91 Å². The van der Waals surface area contributed by atoms with Gasteiger partial charge in [-0.1, -0.05) is 36.4 Å². The van der Waals surface area contributed by atoms with Crippen LogP contribution in [-0.2, 0) is 17.6 Å². The summed E-state index contributed by atoms with van der Waals surface area (Å²) in [6, 6.07) is 20.7. The van der Waals surface area contributed by atoms with E-state index in [-0.39, 0.29) is 11.7 Å². The van der Waals surface area contributed by atoms with Crippen molar-refractivity contribution in [2.45, 2.75) is 38.0 Å². The summed E-state index contributed by atoms with van der Waals surface area (Å²) >= 11 is 0. The SMILES string of the molecule is COc1ccc(CCC(=O)N2CCC(c3cccc(Cc4ccccc4F)n3)CC2)cc1. The van der Waals surface area contributed by atoms with Crippen molar-refractivity contribution in [3.63, 3.8) is 0 Å². The van der Waals surface area contributed by atoms with E-state index in [0.717, 1.165) is 55.1 Å². The molecule has 5 heteroatoms. The number of hydrogen-bond donors (Lipinski definition) is 0. The van der Waals surface area contributed by atoms with Gasteiger partial charge < -0.3 is 9.64 Å². The highest BCUT2D eigenvalue weighted by atomic mass is 19.1. The smallest absolute Gasteiger partial charge is 0.222 e. The molecule has 0 saturated carbocycles. The Kier molecular flexibility index (Phi) is 7.15. The normalized spacial score (nSPS) is 14.4. The second-order valence-corrected chi connectivity index (χ2v) is 8.33. The summed E-state index contributed by atoms with van der Waals surface area (Å²) in [5.74, 6) is 1.18. The standard InChI is InChI=1S/C27H29FN2O2/c1-32-24-12-9-20(10-13-24)11-14-27(31)30-17-15-21(16-18-30)26-8-4-6-23(29-26)19-22-5-2-3-7-25(22)28/h2-10,12-13,21H,11,14-19H2,1H3. The molecule has 0 N–H and O–H groups in total. The van der Waals surface area contributed by atoms with Crippen LogP contribution in [0.1, 0.15) is 47.7 Å². The maximum Gasteiger partial charge on any atom is 0.222 e. The maximum absolute atomic E-state index is 14.0. The van der Waals surface area contributed by atoms with Gasteiger partial charge in [0.2, 0.25) is 5.91 Å². The third-order valence-corrected chi connectivity index (χ3v) is 6.21. The van der Waals surface area contributed by atoms with Gasteiger partial charge in [0.1, 0.15) is 11.6 Å². The van der Waals surface area contributed by atoms with Gasteiger partial charge in [-0.3, -0.25) is 9.78 Å². The molecule has 1 aliphatic heterocycles. The van der Waals surface area contributed by atoms with Crippen LogP contribution in [0.4, 0.5) is 4.39 Å². The van der Waals surface area contributed by atoms with E-state index in [4.69, 9.17) is 9.72 Å². The third-order valence-electron chi connectivity index (χ3n) is 6.21. The summed E-state index contributed by atoms with van der Waals surface area (Å²) in [6.45, 7) is 1.51. The summed E-state index contributed by atoms with van der Waals surface area (Å²) < 4.78 is 19.2. The number of carbonyl (C=O) groups is 1. The monoisotopic (exact) mass is 432 g/mol. The van der Waals surface area contributed by atoms with Crippen molar-refractivity contribution in [1.82, 2.24) is 9.88 Å². The Morgan fingerprint density at radius 2 is 1.78 bits per heavy atom. The molecule has 32 heavy (non-hydrogen) atoms. The van der Waals surface area contributed by atoms with Gasteiger partial charge in [-0.15, -0.1) is 0 Å². The van der Waals surface area contributed by atoms with E-state index in [2.05, 4.69) is 6.07 Å². The lowest BCUT2D eigenvalue weighted by atomic mass is 9.92. The lowest BCUT2D eigenvalue weighted by Crippen LogP contribution is -2.38. The molecule has 0 atom stereocenters. The van der Waals surface area contributed by atoms with Crippen LogP contribution in [0.3, 0.4) is 0 Å². The number of piperidine rings is 1. The van der Waals surface area contributed by atoms with Crippen LogP contribution in [0, 0.1) is 5.82 Å². The Hall–Kier alpha value is -3.21. The van der Waals surface area contributed by atoms with Gasteiger partial charge in [-0.05, 0) is 60.7 Å². The van der Waals surface area contributed by atoms with Crippen molar-refractivity contribution in [2.75, 3.05) is 20.2 Å². The van der Waals surface area contributed by atoms with Crippen LogP contribution >= 0.6 is 0 Å². The van der Waals surface area contributed by atoms with Crippen LogP contribution in [0.25, 0.3) is 0 Å². The summed E-state index contributed by atoms with van der Waals surface area (Å²) in [6.07, 6.45) is 3.56. The summed E-state index contributed by atoms with van der Waals surface area (Å²) in [7, 11) is 1.65. The van der Waals surface area contributed by atoms with Crippen molar-refractivity contribution in [3.05, 3.63) is 95.1 Å². The highest BCUT2D eigenvalue weighted by Crippen LogP contribution is 2.28. The zero-order valence-corrected chi connectivity index (χ0v) is 18.5. The second kappa shape index (κ2) is 10.4.